The molecule has 0 saturated carbocycles. The summed E-state index contributed by atoms with van der Waals surface area (Å²) in [6.45, 7) is 7.13. The number of nitriles is 1. The monoisotopic (exact) mass is 295 g/mol. The zero-order chi connectivity index (χ0) is 16.4. The highest BCUT2D eigenvalue weighted by molar-refractivity contribution is 5.96. The van der Waals surface area contributed by atoms with Crippen LogP contribution in [0.2, 0.25) is 0 Å². The van der Waals surface area contributed by atoms with E-state index in [4.69, 9.17) is 5.26 Å². The van der Waals surface area contributed by atoms with Crippen molar-refractivity contribution in [1.29, 1.82) is 5.26 Å². The van der Waals surface area contributed by atoms with E-state index in [1.165, 1.54) is 0 Å². The van der Waals surface area contributed by atoms with Gasteiger partial charge >= 0.3 is 0 Å². The van der Waals surface area contributed by atoms with Crippen LogP contribution in [-0.4, -0.2) is 15.6 Å². The van der Waals surface area contributed by atoms with Crippen molar-refractivity contribution in [2.75, 3.05) is 0 Å². The Labute approximate surface area is 128 Å². The van der Waals surface area contributed by atoms with Crippen LogP contribution in [0.3, 0.4) is 0 Å². The van der Waals surface area contributed by atoms with Gasteiger partial charge in [-0.2, -0.15) is 10.4 Å². The Morgan fingerprint density at radius 3 is 2.50 bits per heavy atom. The molecular formula is C17H17N3O2. The number of nitrogens with zero attached hydrogens (tertiary/aromatic N) is 3. The van der Waals surface area contributed by atoms with Crippen LogP contribution in [0.25, 0.3) is 0 Å². The van der Waals surface area contributed by atoms with Crippen molar-refractivity contribution < 1.29 is 4.79 Å². The summed E-state index contributed by atoms with van der Waals surface area (Å²) in [6, 6.07) is 7.30. The van der Waals surface area contributed by atoms with E-state index in [0.717, 1.165) is 15.8 Å². The second-order valence-corrected chi connectivity index (χ2v) is 5.38. The molecule has 0 aliphatic carbocycles. The number of rotatable bonds is 3. The molecule has 22 heavy (non-hydrogen) atoms. The number of hydrogen-bond donors (Lipinski definition) is 0. The number of benzene rings is 1. The molecule has 0 aliphatic rings. The Morgan fingerprint density at radius 1 is 1.23 bits per heavy atom. The number of aryl methyl sites for hydroxylation is 3. The Hall–Kier alpha value is -2.74. The minimum atomic E-state index is -0.525. The molecule has 5 nitrogen and oxygen atoms in total. The van der Waals surface area contributed by atoms with E-state index in [9.17, 15) is 9.59 Å². The first-order chi connectivity index (χ1) is 10.3. The molecular weight excluding hydrogens is 278 g/mol. The third kappa shape index (κ3) is 2.82. The summed E-state index contributed by atoms with van der Waals surface area (Å²) in [7, 11) is 0. The van der Waals surface area contributed by atoms with Crippen molar-refractivity contribution in [3.8, 4) is 6.07 Å². The summed E-state index contributed by atoms with van der Waals surface area (Å²) in [5.74, 6) is -0.204. The molecule has 1 aromatic carbocycles. The summed E-state index contributed by atoms with van der Waals surface area (Å²) in [4.78, 5) is 24.5. The maximum Gasteiger partial charge on any atom is 0.285 e. The predicted molar refractivity (Wildman–Crippen MR) is 82.9 cm³/mol. The van der Waals surface area contributed by atoms with Gasteiger partial charge in [0.2, 0.25) is 0 Å². The van der Waals surface area contributed by atoms with Crippen LogP contribution in [0.1, 0.15) is 38.3 Å². The summed E-state index contributed by atoms with van der Waals surface area (Å²) in [5.41, 5.74) is 3.30. The highest BCUT2D eigenvalue weighted by Crippen LogP contribution is 2.11. The average Bonchev–Trinajstić information content (AvgIpc) is 2.48. The fourth-order valence-electron chi connectivity index (χ4n) is 2.15. The molecule has 0 bridgehead atoms. The number of hydrogen-bond acceptors (Lipinski definition) is 4. The molecule has 2 rings (SSSR count). The third-order valence-electron chi connectivity index (χ3n) is 3.87. The van der Waals surface area contributed by atoms with E-state index in [1.807, 2.05) is 26.0 Å². The Balaban J connectivity index is 2.41. The van der Waals surface area contributed by atoms with Crippen molar-refractivity contribution in [2.45, 2.75) is 34.2 Å². The molecule has 0 amide bonds. The number of carbonyl (C=O) groups excluding carboxylic acids is 1. The zero-order valence-electron chi connectivity index (χ0n) is 13.1. The largest absolute Gasteiger partial charge is 0.292 e. The van der Waals surface area contributed by atoms with Crippen LogP contribution in [0.4, 0.5) is 0 Å². The molecule has 2 aromatic rings. The van der Waals surface area contributed by atoms with Gasteiger partial charge in [0.05, 0.1) is 5.69 Å². The molecule has 0 spiro atoms. The van der Waals surface area contributed by atoms with Crippen molar-refractivity contribution in [2.24, 2.45) is 0 Å². The van der Waals surface area contributed by atoms with Crippen LogP contribution in [-0.2, 0) is 6.54 Å². The lowest BCUT2D eigenvalue weighted by Gasteiger charge is -2.09. The van der Waals surface area contributed by atoms with Gasteiger partial charge < -0.3 is 0 Å². The van der Waals surface area contributed by atoms with Crippen molar-refractivity contribution >= 4 is 5.78 Å². The highest BCUT2D eigenvalue weighted by Gasteiger charge is 2.15. The van der Waals surface area contributed by atoms with E-state index < -0.39 is 5.56 Å². The van der Waals surface area contributed by atoms with Gasteiger partial charge in [0, 0.05) is 5.56 Å². The first-order valence-electron chi connectivity index (χ1n) is 6.94. The van der Waals surface area contributed by atoms with Gasteiger partial charge in [-0.25, -0.2) is 4.68 Å². The maximum absolute atomic E-state index is 12.3. The lowest BCUT2D eigenvalue weighted by Crippen LogP contribution is -2.30. The number of aromatic nitrogens is 2. The topological polar surface area (TPSA) is 75.8 Å². The lowest BCUT2D eigenvalue weighted by atomic mass is 10.0. The Kier molecular flexibility index (Phi) is 4.22. The Morgan fingerprint density at radius 2 is 1.91 bits per heavy atom. The van der Waals surface area contributed by atoms with Gasteiger partial charge in [0.1, 0.15) is 18.2 Å². The zero-order valence-corrected chi connectivity index (χ0v) is 13.1. The van der Waals surface area contributed by atoms with Crippen LogP contribution in [0, 0.1) is 39.0 Å². The summed E-state index contributed by atoms with van der Waals surface area (Å²) in [6.07, 6.45) is 0. The normalized spacial score (nSPS) is 10.3. The number of carbonyl (C=O) groups is 1. The van der Waals surface area contributed by atoms with Gasteiger partial charge in [0.15, 0.2) is 5.78 Å². The van der Waals surface area contributed by atoms with Crippen LogP contribution >= 0.6 is 0 Å². The van der Waals surface area contributed by atoms with E-state index in [2.05, 4.69) is 5.10 Å². The molecule has 1 heterocycles. The predicted octanol–water partition coefficient (Wildman–Crippen LogP) is 2.23. The van der Waals surface area contributed by atoms with Gasteiger partial charge in [-0.3, -0.25) is 9.59 Å². The van der Waals surface area contributed by atoms with Gasteiger partial charge in [-0.1, -0.05) is 12.1 Å². The molecule has 1 aromatic heterocycles. The number of Topliss-reactive ketones (excluding diaryl/α,β-unsaturated/α-hetero) is 1. The molecule has 112 valence electrons. The lowest BCUT2D eigenvalue weighted by molar-refractivity contribution is 0.0965. The molecule has 0 saturated heterocycles. The minimum Gasteiger partial charge on any atom is -0.292 e. The Bertz CT molecular complexity index is 857. The summed E-state index contributed by atoms with van der Waals surface area (Å²) >= 11 is 0. The quantitative estimate of drug-likeness (QED) is 0.814. The smallest absolute Gasteiger partial charge is 0.285 e. The molecule has 0 atom stereocenters. The maximum atomic E-state index is 12.3. The minimum absolute atomic E-state index is 0.0420. The molecule has 0 radical (unpaired) electrons. The van der Waals surface area contributed by atoms with Crippen LogP contribution < -0.4 is 5.56 Å². The van der Waals surface area contributed by atoms with Gasteiger partial charge in [-0.05, 0) is 50.5 Å². The van der Waals surface area contributed by atoms with Crippen molar-refractivity contribution in [1.82, 2.24) is 9.78 Å². The van der Waals surface area contributed by atoms with E-state index in [1.54, 1.807) is 26.0 Å². The van der Waals surface area contributed by atoms with Crippen LogP contribution in [0.15, 0.2) is 23.0 Å². The summed E-state index contributed by atoms with van der Waals surface area (Å²) < 4.78 is 1.07. The molecule has 0 N–H and O–H groups in total. The average molecular weight is 295 g/mol. The van der Waals surface area contributed by atoms with E-state index in [0.29, 0.717) is 16.8 Å². The standard InChI is InChI=1S/C17H17N3O2/c1-10-5-6-14(7-11(10)2)16(21)9-20-17(22)15(8-18)12(3)13(4)19-20/h5-7H,9H2,1-4H3. The van der Waals surface area contributed by atoms with Crippen molar-refractivity contribution in [3.63, 3.8) is 0 Å². The molecule has 0 fully saturated rings. The second-order valence-electron chi connectivity index (χ2n) is 5.38. The fourth-order valence-corrected chi connectivity index (χ4v) is 2.15. The molecule has 0 unspecified atom stereocenters. The third-order valence-corrected chi connectivity index (χ3v) is 3.87. The van der Waals surface area contributed by atoms with E-state index >= 15 is 0 Å². The van der Waals surface area contributed by atoms with Gasteiger partial charge in [-0.15, -0.1) is 0 Å². The van der Waals surface area contributed by atoms with Gasteiger partial charge in [0.25, 0.3) is 5.56 Å². The first-order valence-corrected chi connectivity index (χ1v) is 6.94. The van der Waals surface area contributed by atoms with Crippen molar-refractivity contribution in [3.05, 3.63) is 62.1 Å². The van der Waals surface area contributed by atoms with Crippen LogP contribution in [0.5, 0.6) is 0 Å². The van der Waals surface area contributed by atoms with E-state index in [-0.39, 0.29) is 17.9 Å². The molecule has 5 heteroatoms. The SMILES string of the molecule is Cc1ccc(C(=O)Cn2nc(C)c(C)c(C#N)c2=O)cc1C. The first kappa shape index (κ1) is 15.6. The molecule has 0 aliphatic heterocycles. The second kappa shape index (κ2) is 5.94. The highest BCUT2D eigenvalue weighted by atomic mass is 16.1. The summed E-state index contributed by atoms with van der Waals surface area (Å²) in [5, 5.41) is 13.2. The fraction of sp³-hybridized carbons (Fsp3) is 0.294. The number of ketones is 1.